The average molecular weight is 443 g/mol. The number of methoxy groups -OCH3 is 1. The summed E-state index contributed by atoms with van der Waals surface area (Å²) in [5, 5.41) is 12.7. The van der Waals surface area contributed by atoms with Crippen molar-refractivity contribution in [2.75, 3.05) is 7.11 Å². The first-order valence-electron chi connectivity index (χ1n) is 10.9. The van der Waals surface area contributed by atoms with E-state index in [4.69, 9.17) is 14.2 Å². The van der Waals surface area contributed by atoms with Gasteiger partial charge < -0.3 is 24.6 Å². The third-order valence-electron chi connectivity index (χ3n) is 5.67. The molecule has 3 rings (SSSR count). The van der Waals surface area contributed by atoms with Crippen molar-refractivity contribution in [3.05, 3.63) is 48.3 Å². The Morgan fingerprint density at radius 1 is 1.12 bits per heavy atom. The second-order valence-electron chi connectivity index (χ2n) is 7.99. The normalized spacial score (nSPS) is 16.6. The highest BCUT2D eigenvalue weighted by Crippen LogP contribution is 2.32. The number of aromatic hydroxyl groups is 1. The predicted molar refractivity (Wildman–Crippen MR) is 118 cm³/mol. The third kappa shape index (κ3) is 5.69. The van der Waals surface area contributed by atoms with Crippen molar-refractivity contribution in [1.29, 1.82) is 0 Å². The van der Waals surface area contributed by atoms with E-state index in [0.29, 0.717) is 5.75 Å². The summed E-state index contributed by atoms with van der Waals surface area (Å²) in [5.41, 5.74) is -0.225. The van der Waals surface area contributed by atoms with Crippen LogP contribution in [0, 0.1) is 5.92 Å². The Bertz CT molecular complexity index is 914. The number of hydrogen-bond donors (Lipinski definition) is 2. The van der Waals surface area contributed by atoms with Gasteiger partial charge in [0.2, 0.25) is 0 Å². The van der Waals surface area contributed by atoms with Crippen molar-refractivity contribution in [3.63, 3.8) is 0 Å². The van der Waals surface area contributed by atoms with Crippen molar-refractivity contribution in [1.82, 2.24) is 10.3 Å². The van der Waals surface area contributed by atoms with E-state index in [9.17, 15) is 14.7 Å². The van der Waals surface area contributed by atoms with Gasteiger partial charge in [-0.1, -0.05) is 31.0 Å². The second-order valence-corrected chi connectivity index (χ2v) is 7.99. The molecule has 1 saturated carbocycles. The molecule has 2 N–H and O–H groups in total. The highest BCUT2D eigenvalue weighted by Gasteiger charge is 2.35. The number of rotatable bonds is 9. The molecule has 1 aromatic heterocycles. The van der Waals surface area contributed by atoms with Crippen molar-refractivity contribution in [3.8, 4) is 17.2 Å². The molecule has 0 bridgehead atoms. The zero-order valence-electron chi connectivity index (χ0n) is 18.6. The van der Waals surface area contributed by atoms with Crippen LogP contribution in [0.2, 0.25) is 0 Å². The number of ether oxygens (including phenoxy) is 3. The van der Waals surface area contributed by atoms with Crippen LogP contribution in [-0.2, 0) is 9.53 Å². The number of nitrogens with zero attached hydrogens (tertiary/aromatic N) is 1. The molecule has 1 aromatic carbocycles. The lowest BCUT2D eigenvalue weighted by Crippen LogP contribution is -2.45. The molecule has 32 heavy (non-hydrogen) atoms. The van der Waals surface area contributed by atoms with E-state index in [2.05, 4.69) is 10.3 Å². The molecule has 2 aromatic rings. The summed E-state index contributed by atoms with van der Waals surface area (Å²) in [4.78, 5) is 29.3. The van der Waals surface area contributed by atoms with Crippen LogP contribution in [0.25, 0.3) is 0 Å². The number of hydrogen-bond acceptors (Lipinski definition) is 7. The average Bonchev–Trinajstić information content (AvgIpc) is 3.32. The summed E-state index contributed by atoms with van der Waals surface area (Å²) < 4.78 is 16.9. The lowest BCUT2D eigenvalue weighted by atomic mass is 9.96. The van der Waals surface area contributed by atoms with Crippen LogP contribution >= 0.6 is 0 Å². The quantitative estimate of drug-likeness (QED) is 0.573. The summed E-state index contributed by atoms with van der Waals surface area (Å²) in [6, 6.07) is 9.90. The molecule has 1 heterocycles. The molecule has 1 aliphatic rings. The number of nitrogens with one attached hydrogen (secondary N) is 1. The Morgan fingerprint density at radius 3 is 2.47 bits per heavy atom. The van der Waals surface area contributed by atoms with Crippen LogP contribution in [0.5, 0.6) is 17.2 Å². The topological polar surface area (TPSA) is 107 Å². The molecular weight excluding hydrogens is 412 g/mol. The van der Waals surface area contributed by atoms with Gasteiger partial charge >= 0.3 is 5.97 Å². The maximum absolute atomic E-state index is 12.8. The molecule has 172 valence electrons. The van der Waals surface area contributed by atoms with Gasteiger partial charge in [-0.05, 0) is 44.7 Å². The van der Waals surface area contributed by atoms with E-state index < -0.39 is 24.0 Å². The standard InChI is InChI=1S/C24H30N2O6/c1-15(26-23(28)20-21(27)19(30-3)13-14-25-20)24(29)32-22(17-9-7-8-10-17)16(2)31-18-11-5-4-6-12-18/h4-6,11-17,22,27H,7-10H2,1-3H3,(H,26,28)/t15-,16-,22+/m0/s1. The fourth-order valence-electron chi connectivity index (χ4n) is 3.97. The maximum atomic E-state index is 12.8. The molecule has 0 unspecified atom stereocenters. The van der Waals surface area contributed by atoms with Crippen LogP contribution in [0.4, 0.5) is 0 Å². The fraction of sp³-hybridized carbons (Fsp3) is 0.458. The van der Waals surface area contributed by atoms with Gasteiger partial charge in [0.05, 0.1) is 7.11 Å². The molecule has 0 spiro atoms. The first-order valence-corrected chi connectivity index (χ1v) is 10.9. The van der Waals surface area contributed by atoms with Gasteiger partial charge in [0.15, 0.2) is 17.2 Å². The number of pyridine rings is 1. The van der Waals surface area contributed by atoms with Gasteiger partial charge in [0.25, 0.3) is 5.91 Å². The highest BCUT2D eigenvalue weighted by molar-refractivity contribution is 5.97. The molecule has 0 aliphatic heterocycles. The number of amides is 1. The monoisotopic (exact) mass is 442 g/mol. The van der Waals surface area contributed by atoms with E-state index >= 15 is 0 Å². The van der Waals surface area contributed by atoms with Gasteiger partial charge in [-0.25, -0.2) is 9.78 Å². The van der Waals surface area contributed by atoms with Crippen LogP contribution in [0.3, 0.4) is 0 Å². The molecule has 1 aliphatic carbocycles. The molecular formula is C24H30N2O6. The molecule has 3 atom stereocenters. The summed E-state index contributed by atoms with van der Waals surface area (Å²) in [5.74, 6) is -0.627. The number of para-hydroxylation sites is 1. The van der Waals surface area contributed by atoms with Gasteiger partial charge in [-0.15, -0.1) is 0 Å². The van der Waals surface area contributed by atoms with Gasteiger partial charge in [-0.2, -0.15) is 0 Å². The lowest BCUT2D eigenvalue weighted by molar-refractivity contribution is -0.159. The summed E-state index contributed by atoms with van der Waals surface area (Å²) in [6.45, 7) is 3.43. The SMILES string of the molecule is COc1ccnc(C(=O)N[C@@H](C)C(=O)O[C@@H](C2CCCC2)[C@H](C)Oc2ccccc2)c1O. The minimum Gasteiger partial charge on any atom is -0.503 e. The molecule has 8 heteroatoms. The Kier molecular flexibility index (Phi) is 7.92. The van der Waals surface area contributed by atoms with Crippen LogP contribution < -0.4 is 14.8 Å². The number of esters is 1. The third-order valence-corrected chi connectivity index (χ3v) is 5.67. The predicted octanol–water partition coefficient (Wildman–Crippen LogP) is 3.48. The minimum absolute atomic E-state index is 0.119. The summed E-state index contributed by atoms with van der Waals surface area (Å²) >= 11 is 0. The van der Waals surface area contributed by atoms with E-state index in [1.54, 1.807) is 0 Å². The zero-order chi connectivity index (χ0) is 23.1. The first-order chi connectivity index (χ1) is 15.4. The van der Waals surface area contributed by atoms with Gasteiger partial charge in [0.1, 0.15) is 24.0 Å². The summed E-state index contributed by atoms with van der Waals surface area (Å²) in [6.07, 6.45) is 4.65. The first kappa shape index (κ1) is 23.4. The van der Waals surface area contributed by atoms with Crippen LogP contribution in [0.15, 0.2) is 42.6 Å². The Hall–Kier alpha value is -3.29. The van der Waals surface area contributed by atoms with Crippen molar-refractivity contribution in [2.45, 2.75) is 57.8 Å². The van der Waals surface area contributed by atoms with Crippen LogP contribution in [-0.4, -0.2) is 47.3 Å². The number of carbonyl (C=O) groups excluding carboxylic acids is 2. The smallest absolute Gasteiger partial charge is 0.328 e. The fourth-order valence-corrected chi connectivity index (χ4v) is 3.97. The van der Waals surface area contributed by atoms with E-state index in [0.717, 1.165) is 25.7 Å². The van der Waals surface area contributed by atoms with Crippen molar-refractivity contribution < 1.29 is 28.9 Å². The maximum Gasteiger partial charge on any atom is 0.328 e. The molecule has 0 saturated heterocycles. The van der Waals surface area contributed by atoms with Gasteiger partial charge in [0, 0.05) is 12.3 Å². The minimum atomic E-state index is -0.942. The Morgan fingerprint density at radius 2 is 1.81 bits per heavy atom. The van der Waals surface area contributed by atoms with E-state index in [1.807, 2.05) is 37.3 Å². The Labute approximate surface area is 187 Å². The van der Waals surface area contributed by atoms with Crippen LogP contribution in [0.1, 0.15) is 50.0 Å². The number of carbonyl (C=O) groups is 2. The number of benzene rings is 1. The van der Waals surface area contributed by atoms with E-state index in [1.165, 1.54) is 26.3 Å². The zero-order valence-corrected chi connectivity index (χ0v) is 18.6. The highest BCUT2D eigenvalue weighted by atomic mass is 16.6. The lowest BCUT2D eigenvalue weighted by Gasteiger charge is -2.30. The summed E-state index contributed by atoms with van der Waals surface area (Å²) in [7, 11) is 1.37. The molecule has 0 radical (unpaired) electrons. The molecule has 1 amide bonds. The number of aromatic nitrogens is 1. The second kappa shape index (κ2) is 10.8. The van der Waals surface area contributed by atoms with Gasteiger partial charge in [-0.3, -0.25) is 4.79 Å². The van der Waals surface area contributed by atoms with Crippen molar-refractivity contribution >= 4 is 11.9 Å². The Balaban J connectivity index is 1.66. The van der Waals surface area contributed by atoms with Crippen molar-refractivity contribution in [2.24, 2.45) is 5.92 Å². The van der Waals surface area contributed by atoms with E-state index in [-0.39, 0.29) is 29.2 Å². The molecule has 1 fully saturated rings. The largest absolute Gasteiger partial charge is 0.503 e. The molecule has 8 nitrogen and oxygen atoms in total.